The summed E-state index contributed by atoms with van der Waals surface area (Å²) in [7, 11) is 0. The third kappa shape index (κ3) is 3.50. The fraction of sp³-hybridized carbons (Fsp3) is 0.105. The number of carbonyl (C=O) groups excluding carboxylic acids is 1. The molecule has 1 amide bonds. The second-order valence-corrected chi connectivity index (χ2v) is 5.85. The van der Waals surface area contributed by atoms with Gasteiger partial charge in [-0.1, -0.05) is 17.7 Å². The van der Waals surface area contributed by atoms with Crippen molar-refractivity contribution in [1.29, 1.82) is 0 Å². The van der Waals surface area contributed by atoms with Gasteiger partial charge in [-0.3, -0.25) is 4.79 Å². The van der Waals surface area contributed by atoms with Gasteiger partial charge in [-0.25, -0.2) is 0 Å². The highest BCUT2D eigenvalue weighted by atomic mass is 35.5. The molecule has 1 aromatic heterocycles. The third-order valence-electron chi connectivity index (χ3n) is 3.61. The Morgan fingerprint density at radius 3 is 2.50 bits per heavy atom. The van der Waals surface area contributed by atoms with Crippen LogP contribution in [0, 0.1) is 6.92 Å². The molecule has 0 fully saturated rings. The highest BCUT2D eigenvalue weighted by Crippen LogP contribution is 2.25. The van der Waals surface area contributed by atoms with Gasteiger partial charge in [0.15, 0.2) is 0 Å². The zero-order valence-corrected chi connectivity index (χ0v) is 13.8. The zero-order chi connectivity index (χ0) is 17.1. The summed E-state index contributed by atoms with van der Waals surface area (Å²) in [5.74, 6) is 0.920. The van der Waals surface area contributed by atoms with Gasteiger partial charge in [-0.15, -0.1) is 0 Å². The fourth-order valence-corrected chi connectivity index (χ4v) is 2.66. The van der Waals surface area contributed by atoms with Crippen LogP contribution in [0.1, 0.15) is 21.7 Å². The molecule has 0 aliphatic heterocycles. The summed E-state index contributed by atoms with van der Waals surface area (Å²) in [6, 6.07) is 16.1. The van der Waals surface area contributed by atoms with Crippen molar-refractivity contribution in [2.24, 2.45) is 0 Å². The van der Waals surface area contributed by atoms with Gasteiger partial charge in [0.05, 0.1) is 10.6 Å². The number of hydrogen-bond donors (Lipinski definition) is 2. The minimum absolute atomic E-state index is 0.133. The van der Waals surface area contributed by atoms with Crippen LogP contribution in [0.3, 0.4) is 0 Å². The van der Waals surface area contributed by atoms with E-state index in [-0.39, 0.29) is 12.5 Å². The number of benzene rings is 2. The van der Waals surface area contributed by atoms with E-state index in [1.54, 1.807) is 36.4 Å². The van der Waals surface area contributed by atoms with E-state index in [1.807, 2.05) is 25.1 Å². The molecule has 0 spiro atoms. The van der Waals surface area contributed by atoms with Gasteiger partial charge >= 0.3 is 0 Å². The first-order valence-electron chi connectivity index (χ1n) is 7.44. The van der Waals surface area contributed by atoms with E-state index in [0.29, 0.717) is 27.8 Å². The lowest BCUT2D eigenvalue weighted by atomic mass is 10.1. The maximum Gasteiger partial charge on any atom is 0.257 e. The van der Waals surface area contributed by atoms with E-state index >= 15 is 0 Å². The zero-order valence-electron chi connectivity index (χ0n) is 13.0. The molecule has 0 bridgehead atoms. The number of aliphatic hydroxyl groups is 1. The first kappa shape index (κ1) is 16.3. The van der Waals surface area contributed by atoms with Crippen LogP contribution in [0.5, 0.6) is 0 Å². The maximum absolute atomic E-state index is 12.3. The van der Waals surface area contributed by atoms with E-state index in [0.717, 1.165) is 11.1 Å². The average molecular weight is 342 g/mol. The Bertz CT molecular complexity index is 869. The van der Waals surface area contributed by atoms with Crippen LogP contribution in [0.4, 0.5) is 5.69 Å². The number of carbonyl (C=O) groups is 1. The minimum atomic E-state index is -0.256. The Kier molecular flexibility index (Phi) is 4.69. The molecule has 1 heterocycles. The van der Waals surface area contributed by atoms with E-state index in [2.05, 4.69) is 5.32 Å². The van der Waals surface area contributed by atoms with Crippen molar-refractivity contribution < 1.29 is 14.3 Å². The Labute approximate surface area is 144 Å². The number of aliphatic hydroxyl groups excluding tert-OH is 1. The van der Waals surface area contributed by atoms with Gasteiger partial charge in [0, 0.05) is 11.3 Å². The Balaban J connectivity index is 1.75. The molecule has 0 unspecified atom stereocenters. The lowest BCUT2D eigenvalue weighted by molar-refractivity contribution is 0.102. The molecule has 24 heavy (non-hydrogen) atoms. The van der Waals surface area contributed by atoms with Gasteiger partial charge in [-0.05, 0) is 61.0 Å². The van der Waals surface area contributed by atoms with E-state index in [1.165, 1.54) is 0 Å². The molecule has 2 aromatic carbocycles. The second kappa shape index (κ2) is 6.91. The lowest BCUT2D eigenvalue weighted by Crippen LogP contribution is -2.12. The molecule has 4 nitrogen and oxygen atoms in total. The first-order valence-corrected chi connectivity index (χ1v) is 7.82. The van der Waals surface area contributed by atoms with Crippen LogP contribution < -0.4 is 5.32 Å². The predicted octanol–water partition coefficient (Wildman–Crippen LogP) is 4.65. The quantitative estimate of drug-likeness (QED) is 0.725. The number of rotatable bonds is 4. The molecule has 0 saturated heterocycles. The molecular formula is C19H16ClNO3. The SMILES string of the molecule is Cc1ccc(C(=O)Nc2ccc(-c3ccc(CO)o3)cc2)c(Cl)c1. The summed E-state index contributed by atoms with van der Waals surface area (Å²) >= 11 is 6.12. The molecular weight excluding hydrogens is 326 g/mol. The molecule has 122 valence electrons. The molecule has 0 aliphatic carbocycles. The van der Waals surface area contributed by atoms with Crippen LogP contribution in [-0.2, 0) is 6.61 Å². The van der Waals surface area contributed by atoms with Crippen molar-refractivity contribution in [1.82, 2.24) is 0 Å². The van der Waals surface area contributed by atoms with Crippen LogP contribution in [-0.4, -0.2) is 11.0 Å². The summed E-state index contributed by atoms with van der Waals surface area (Å²) in [5, 5.41) is 12.3. The molecule has 2 N–H and O–H groups in total. The normalized spacial score (nSPS) is 10.6. The molecule has 0 atom stereocenters. The van der Waals surface area contributed by atoms with Crippen molar-refractivity contribution in [2.75, 3.05) is 5.32 Å². The van der Waals surface area contributed by atoms with E-state index in [4.69, 9.17) is 21.1 Å². The summed E-state index contributed by atoms with van der Waals surface area (Å²) in [5.41, 5.74) is 2.96. The Morgan fingerprint density at radius 2 is 1.88 bits per heavy atom. The van der Waals surface area contributed by atoms with Crippen molar-refractivity contribution in [3.63, 3.8) is 0 Å². The summed E-state index contributed by atoms with van der Waals surface area (Å²) in [4.78, 5) is 12.3. The minimum Gasteiger partial charge on any atom is -0.459 e. The smallest absolute Gasteiger partial charge is 0.257 e. The third-order valence-corrected chi connectivity index (χ3v) is 3.93. The van der Waals surface area contributed by atoms with Crippen molar-refractivity contribution in [2.45, 2.75) is 13.5 Å². The Hall–Kier alpha value is -2.56. The van der Waals surface area contributed by atoms with Gasteiger partial charge in [0.25, 0.3) is 5.91 Å². The summed E-state index contributed by atoms with van der Waals surface area (Å²) < 4.78 is 5.48. The maximum atomic E-state index is 12.3. The number of furan rings is 1. The number of nitrogens with one attached hydrogen (secondary N) is 1. The highest BCUT2D eigenvalue weighted by molar-refractivity contribution is 6.34. The van der Waals surface area contributed by atoms with E-state index < -0.39 is 0 Å². The largest absolute Gasteiger partial charge is 0.459 e. The van der Waals surface area contributed by atoms with E-state index in [9.17, 15) is 4.79 Å². The molecule has 0 radical (unpaired) electrons. The number of halogens is 1. The van der Waals surface area contributed by atoms with Crippen LogP contribution in [0.15, 0.2) is 59.0 Å². The predicted molar refractivity (Wildman–Crippen MR) is 94.2 cm³/mol. The summed E-state index contributed by atoms with van der Waals surface area (Å²) in [6.07, 6.45) is 0. The number of anilines is 1. The fourth-order valence-electron chi connectivity index (χ4n) is 2.34. The van der Waals surface area contributed by atoms with Gasteiger partial charge in [0.1, 0.15) is 18.1 Å². The average Bonchev–Trinajstić information content (AvgIpc) is 3.04. The van der Waals surface area contributed by atoms with Crippen molar-refractivity contribution in [3.8, 4) is 11.3 Å². The van der Waals surface area contributed by atoms with Crippen LogP contribution in [0.25, 0.3) is 11.3 Å². The monoisotopic (exact) mass is 341 g/mol. The molecule has 5 heteroatoms. The van der Waals surface area contributed by atoms with Gasteiger partial charge in [0.2, 0.25) is 0 Å². The van der Waals surface area contributed by atoms with Gasteiger partial charge < -0.3 is 14.8 Å². The molecule has 0 saturated carbocycles. The van der Waals surface area contributed by atoms with Gasteiger partial charge in [-0.2, -0.15) is 0 Å². The molecule has 0 aliphatic rings. The lowest BCUT2D eigenvalue weighted by Gasteiger charge is -2.08. The number of hydrogen-bond acceptors (Lipinski definition) is 3. The highest BCUT2D eigenvalue weighted by Gasteiger charge is 2.11. The summed E-state index contributed by atoms with van der Waals surface area (Å²) in [6.45, 7) is 1.79. The topological polar surface area (TPSA) is 62.5 Å². The van der Waals surface area contributed by atoms with Crippen LogP contribution in [0.2, 0.25) is 5.02 Å². The van der Waals surface area contributed by atoms with Crippen LogP contribution >= 0.6 is 11.6 Å². The molecule has 3 aromatic rings. The van der Waals surface area contributed by atoms with Crippen molar-refractivity contribution >= 4 is 23.2 Å². The number of aryl methyl sites for hydroxylation is 1. The Morgan fingerprint density at radius 1 is 1.12 bits per heavy atom. The molecule has 3 rings (SSSR count). The second-order valence-electron chi connectivity index (χ2n) is 5.44. The van der Waals surface area contributed by atoms with Crippen molar-refractivity contribution in [3.05, 3.63) is 76.5 Å². The first-order chi connectivity index (χ1) is 11.6. The standard InChI is InChI=1S/C19H16ClNO3/c1-12-2-8-16(17(20)10-12)19(23)21-14-5-3-13(4-6-14)18-9-7-15(11-22)24-18/h2-10,22H,11H2,1H3,(H,21,23). The number of amides is 1.